The molecule has 0 radical (unpaired) electrons. The Morgan fingerprint density at radius 1 is 1.32 bits per heavy atom. The molecule has 1 amide bonds. The predicted molar refractivity (Wildman–Crippen MR) is 126 cm³/mol. The van der Waals surface area contributed by atoms with E-state index in [4.69, 9.17) is 9.47 Å². The lowest BCUT2D eigenvalue weighted by Crippen LogP contribution is -2.43. The van der Waals surface area contributed by atoms with Crippen molar-refractivity contribution < 1.29 is 42.0 Å². The van der Waals surface area contributed by atoms with E-state index >= 15 is 4.39 Å². The molecular weight excluding hydrogens is 502 g/mol. The number of alkyl halides is 3. The van der Waals surface area contributed by atoms with Gasteiger partial charge in [-0.1, -0.05) is 6.92 Å². The molecule has 1 unspecified atom stereocenters. The number of halogens is 4. The number of anilines is 2. The lowest BCUT2D eigenvalue weighted by atomic mass is 10.1. The number of carbonyl (C=O) groups is 1. The van der Waals surface area contributed by atoms with Gasteiger partial charge in [0.05, 0.1) is 12.7 Å². The first-order valence-electron chi connectivity index (χ1n) is 11.2. The Kier molecular flexibility index (Phi) is 8.43. The van der Waals surface area contributed by atoms with Crippen molar-refractivity contribution >= 4 is 23.1 Å². The third kappa shape index (κ3) is 5.85. The van der Waals surface area contributed by atoms with E-state index in [0.29, 0.717) is 18.1 Å². The molecular formula is C23H27F4N5O5. The van der Waals surface area contributed by atoms with E-state index in [1.807, 2.05) is 6.92 Å². The lowest BCUT2D eigenvalue weighted by Gasteiger charge is -2.28. The van der Waals surface area contributed by atoms with Crippen molar-refractivity contribution in [3.05, 3.63) is 41.3 Å². The minimum Gasteiger partial charge on any atom is -0.480 e. The molecule has 14 heteroatoms. The Balaban J connectivity index is 2.08. The van der Waals surface area contributed by atoms with Gasteiger partial charge in [-0.2, -0.15) is 18.3 Å². The maximum atomic E-state index is 15.3. The minimum absolute atomic E-state index is 0.0286. The topological polar surface area (TPSA) is 120 Å². The van der Waals surface area contributed by atoms with Crippen molar-refractivity contribution in [3.8, 4) is 11.6 Å². The Morgan fingerprint density at radius 2 is 2.03 bits per heavy atom. The van der Waals surface area contributed by atoms with Crippen LogP contribution in [0.3, 0.4) is 0 Å². The number of amidine groups is 1. The number of aryl methyl sites for hydroxylation is 1. The molecule has 0 fully saturated rings. The number of pyridine rings is 1. The molecule has 0 spiro atoms. The fourth-order valence-electron chi connectivity index (χ4n) is 3.56. The predicted octanol–water partition coefficient (Wildman–Crippen LogP) is 3.23. The number of methoxy groups -OCH3 is 1. The number of rotatable bonds is 9. The third-order valence-corrected chi connectivity index (χ3v) is 5.52. The number of hydrogen-bond donors (Lipinski definition) is 3. The number of hydrazone groups is 1. The molecule has 3 rings (SSSR count). The van der Waals surface area contributed by atoms with Crippen LogP contribution in [-0.4, -0.2) is 70.7 Å². The molecule has 2 atom stereocenters. The van der Waals surface area contributed by atoms with Crippen LogP contribution >= 0.6 is 0 Å². The molecule has 0 saturated heterocycles. The SMILES string of the molecule is CCCN1C(CO)=NN(c2cc(O[C@@H](C)C(F)(F)F)c(C(=O)Nc3c(C)ccnc3OC)cc2F)C1O. The molecule has 0 saturated carbocycles. The highest BCUT2D eigenvalue weighted by Crippen LogP contribution is 2.36. The normalized spacial score (nSPS) is 16.5. The van der Waals surface area contributed by atoms with E-state index in [0.717, 1.165) is 18.0 Å². The number of carbonyl (C=O) groups excluding carboxylic acids is 1. The van der Waals surface area contributed by atoms with Crippen LogP contribution in [0.5, 0.6) is 11.6 Å². The average molecular weight is 529 g/mol. The Bertz CT molecular complexity index is 1180. The molecule has 1 aromatic carbocycles. The second-order valence-corrected chi connectivity index (χ2v) is 8.13. The molecule has 2 aromatic rings. The van der Waals surface area contributed by atoms with Gasteiger partial charge >= 0.3 is 6.18 Å². The van der Waals surface area contributed by atoms with Crippen LogP contribution < -0.4 is 19.8 Å². The smallest absolute Gasteiger partial charge is 0.425 e. The largest absolute Gasteiger partial charge is 0.480 e. The summed E-state index contributed by atoms with van der Waals surface area (Å²) in [5.74, 6) is -2.61. The van der Waals surface area contributed by atoms with Gasteiger partial charge in [0.2, 0.25) is 12.2 Å². The van der Waals surface area contributed by atoms with Gasteiger partial charge in [-0.3, -0.25) is 4.79 Å². The van der Waals surface area contributed by atoms with Crippen molar-refractivity contribution in [1.82, 2.24) is 9.88 Å². The minimum atomic E-state index is -4.79. The summed E-state index contributed by atoms with van der Waals surface area (Å²) in [6.07, 6.45) is -6.71. The highest BCUT2D eigenvalue weighted by atomic mass is 19.4. The van der Waals surface area contributed by atoms with E-state index in [2.05, 4.69) is 15.4 Å². The number of aromatic nitrogens is 1. The van der Waals surface area contributed by atoms with Crippen molar-refractivity contribution in [2.75, 3.05) is 30.6 Å². The van der Waals surface area contributed by atoms with Crippen LogP contribution in [0.25, 0.3) is 0 Å². The first-order valence-corrected chi connectivity index (χ1v) is 11.2. The van der Waals surface area contributed by atoms with E-state index in [9.17, 15) is 28.2 Å². The summed E-state index contributed by atoms with van der Waals surface area (Å²) in [6.45, 7) is 3.87. The maximum Gasteiger partial charge on any atom is 0.425 e. The lowest BCUT2D eigenvalue weighted by molar-refractivity contribution is -0.189. The zero-order chi connectivity index (χ0) is 27.5. The number of hydrogen-bond acceptors (Lipinski definition) is 9. The first kappa shape index (κ1) is 27.9. The summed E-state index contributed by atoms with van der Waals surface area (Å²) in [7, 11) is 1.32. The van der Waals surface area contributed by atoms with Crippen LogP contribution in [0.4, 0.5) is 28.9 Å². The Hall–Kier alpha value is -3.65. The second kappa shape index (κ2) is 11.2. The molecule has 3 N–H and O–H groups in total. The van der Waals surface area contributed by atoms with Gasteiger partial charge in [0, 0.05) is 18.8 Å². The van der Waals surface area contributed by atoms with Gasteiger partial charge in [-0.25, -0.2) is 14.4 Å². The van der Waals surface area contributed by atoms with E-state index < -0.39 is 54.0 Å². The van der Waals surface area contributed by atoms with Crippen LogP contribution in [0, 0.1) is 12.7 Å². The van der Waals surface area contributed by atoms with E-state index in [-0.39, 0.29) is 23.9 Å². The quantitative estimate of drug-likeness (QED) is 0.424. The number of aliphatic hydroxyl groups is 2. The molecule has 1 aliphatic heterocycles. The molecule has 1 aromatic heterocycles. The summed E-state index contributed by atoms with van der Waals surface area (Å²) >= 11 is 0. The Labute approximate surface area is 210 Å². The highest BCUT2D eigenvalue weighted by Gasteiger charge is 2.40. The molecule has 37 heavy (non-hydrogen) atoms. The van der Waals surface area contributed by atoms with Crippen molar-refractivity contribution in [2.45, 2.75) is 45.8 Å². The zero-order valence-corrected chi connectivity index (χ0v) is 20.5. The zero-order valence-electron chi connectivity index (χ0n) is 20.5. The van der Waals surface area contributed by atoms with Gasteiger partial charge in [0.15, 0.2) is 11.9 Å². The fourth-order valence-corrected chi connectivity index (χ4v) is 3.56. The number of benzene rings is 1. The van der Waals surface area contributed by atoms with Crippen LogP contribution in [-0.2, 0) is 0 Å². The van der Waals surface area contributed by atoms with Gasteiger partial charge in [0.1, 0.15) is 29.5 Å². The van der Waals surface area contributed by atoms with E-state index in [1.165, 1.54) is 18.2 Å². The van der Waals surface area contributed by atoms with Crippen molar-refractivity contribution in [3.63, 3.8) is 0 Å². The molecule has 0 aliphatic carbocycles. The summed E-state index contributed by atoms with van der Waals surface area (Å²) in [6, 6.07) is 3.10. The molecule has 202 valence electrons. The van der Waals surface area contributed by atoms with Gasteiger partial charge in [0.25, 0.3) is 5.91 Å². The fraction of sp³-hybridized carbons (Fsp3) is 0.435. The monoisotopic (exact) mass is 529 g/mol. The number of ether oxygens (including phenoxy) is 2. The van der Waals surface area contributed by atoms with E-state index in [1.54, 1.807) is 13.0 Å². The van der Waals surface area contributed by atoms with Crippen molar-refractivity contribution in [1.29, 1.82) is 0 Å². The van der Waals surface area contributed by atoms with Gasteiger partial charge in [-0.05, 0) is 38.0 Å². The first-order chi connectivity index (χ1) is 17.4. The number of nitrogens with zero attached hydrogens (tertiary/aromatic N) is 4. The van der Waals surface area contributed by atoms with Gasteiger partial charge < -0.3 is 29.9 Å². The summed E-state index contributed by atoms with van der Waals surface area (Å²) < 4.78 is 65.4. The second-order valence-electron chi connectivity index (χ2n) is 8.13. The molecule has 2 heterocycles. The molecule has 1 aliphatic rings. The third-order valence-electron chi connectivity index (χ3n) is 5.52. The average Bonchev–Trinajstić information content (AvgIpc) is 3.15. The summed E-state index contributed by atoms with van der Waals surface area (Å²) in [5.41, 5.74) is -0.344. The number of nitrogens with one attached hydrogen (secondary N) is 1. The number of amides is 1. The van der Waals surface area contributed by atoms with Crippen molar-refractivity contribution in [2.24, 2.45) is 5.10 Å². The highest BCUT2D eigenvalue weighted by molar-refractivity contribution is 6.07. The van der Waals surface area contributed by atoms with Crippen LogP contribution in [0.15, 0.2) is 29.5 Å². The standard InChI is InChI=1S/C23H27F4N5O5/c1-5-8-31-18(11-33)30-32(22(31)35)16-10-17(37-13(3)23(25,26)27)14(9-15(16)24)20(34)29-19-12(2)6-7-28-21(19)36-4/h6-7,9-10,13,22,33,35H,5,8,11H2,1-4H3,(H,29,34)/t13-,22?/m0/s1. The summed E-state index contributed by atoms with van der Waals surface area (Å²) in [5, 5.41) is 27.5. The molecule has 10 nitrogen and oxygen atoms in total. The number of aliphatic hydroxyl groups excluding tert-OH is 2. The van der Waals surface area contributed by atoms with Crippen LogP contribution in [0.2, 0.25) is 0 Å². The van der Waals surface area contributed by atoms with Crippen LogP contribution in [0.1, 0.15) is 36.2 Å². The summed E-state index contributed by atoms with van der Waals surface area (Å²) in [4.78, 5) is 18.4. The maximum absolute atomic E-state index is 15.3. The molecule has 0 bridgehead atoms. The van der Waals surface area contributed by atoms with Gasteiger partial charge in [-0.15, -0.1) is 0 Å². The Morgan fingerprint density at radius 3 is 2.62 bits per heavy atom.